The van der Waals surface area contributed by atoms with Crippen molar-refractivity contribution >= 4 is 12.4 Å². The van der Waals surface area contributed by atoms with Crippen molar-refractivity contribution in [1.29, 1.82) is 5.26 Å². The minimum Gasteiger partial charge on any atom is -0.324 e. The summed E-state index contributed by atoms with van der Waals surface area (Å²) in [4.78, 5) is 0. The lowest BCUT2D eigenvalue weighted by Gasteiger charge is -2.13. The summed E-state index contributed by atoms with van der Waals surface area (Å²) in [5.41, 5.74) is 5.65. The van der Waals surface area contributed by atoms with Gasteiger partial charge in [0.2, 0.25) is 0 Å². The second-order valence-corrected chi connectivity index (χ2v) is 3.61. The van der Waals surface area contributed by atoms with Crippen molar-refractivity contribution in [2.75, 3.05) is 0 Å². The maximum absolute atomic E-state index is 13.0. The van der Waals surface area contributed by atoms with Gasteiger partial charge >= 0.3 is 6.18 Å². The van der Waals surface area contributed by atoms with E-state index in [2.05, 4.69) is 0 Å². The Morgan fingerprint density at radius 1 is 1.33 bits per heavy atom. The van der Waals surface area contributed by atoms with E-state index in [1.165, 1.54) is 12.1 Å². The molecule has 100 valence electrons. The maximum atomic E-state index is 13.0. The molecule has 18 heavy (non-hydrogen) atoms. The van der Waals surface area contributed by atoms with Crippen molar-refractivity contribution in [3.05, 3.63) is 35.1 Å². The van der Waals surface area contributed by atoms with E-state index in [9.17, 15) is 17.6 Å². The van der Waals surface area contributed by atoms with Crippen molar-refractivity contribution in [3.8, 4) is 6.07 Å². The standard InChI is InChI=1S/C11H10F4N2.ClH/c12-9-2-1-7(5-8(9)6-16)10(17)3-4-11(13,14)15;/h1-2,5,10H,3-4,17H2;1H/t10-;/m0./s1. The molecule has 0 saturated heterocycles. The van der Waals surface area contributed by atoms with Crippen LogP contribution in [0, 0.1) is 17.1 Å². The maximum Gasteiger partial charge on any atom is 0.389 e. The Balaban J connectivity index is 0.00000289. The Morgan fingerprint density at radius 2 is 1.94 bits per heavy atom. The summed E-state index contributed by atoms with van der Waals surface area (Å²) in [6.07, 6.45) is -5.57. The summed E-state index contributed by atoms with van der Waals surface area (Å²) in [5.74, 6) is -0.709. The first-order valence-electron chi connectivity index (χ1n) is 4.85. The number of hydrogen-bond acceptors (Lipinski definition) is 2. The van der Waals surface area contributed by atoms with Gasteiger partial charge in [-0.25, -0.2) is 4.39 Å². The van der Waals surface area contributed by atoms with Crippen molar-refractivity contribution in [2.45, 2.75) is 25.1 Å². The SMILES string of the molecule is Cl.N#Cc1cc([C@@H](N)CCC(F)(F)F)ccc1F. The number of hydrogen-bond donors (Lipinski definition) is 1. The predicted molar refractivity (Wildman–Crippen MR) is 60.6 cm³/mol. The molecule has 0 fully saturated rings. The van der Waals surface area contributed by atoms with Gasteiger partial charge in [-0.05, 0) is 24.1 Å². The van der Waals surface area contributed by atoms with Crippen LogP contribution in [0.5, 0.6) is 0 Å². The molecule has 0 aliphatic carbocycles. The van der Waals surface area contributed by atoms with Crippen LogP contribution in [0.1, 0.15) is 30.0 Å². The molecule has 0 aliphatic heterocycles. The average molecular weight is 283 g/mol. The molecule has 0 unspecified atom stereocenters. The van der Waals surface area contributed by atoms with Crippen LogP contribution in [0.3, 0.4) is 0 Å². The van der Waals surface area contributed by atoms with Gasteiger partial charge in [-0.1, -0.05) is 6.07 Å². The van der Waals surface area contributed by atoms with Crippen LogP contribution in [-0.2, 0) is 0 Å². The number of nitriles is 1. The number of nitrogens with zero attached hydrogens (tertiary/aromatic N) is 1. The Labute approximate surface area is 108 Å². The van der Waals surface area contributed by atoms with E-state index in [1.807, 2.05) is 0 Å². The van der Waals surface area contributed by atoms with E-state index in [0.29, 0.717) is 5.56 Å². The molecule has 0 radical (unpaired) electrons. The zero-order valence-corrected chi connectivity index (χ0v) is 9.98. The zero-order chi connectivity index (χ0) is 13.1. The minimum atomic E-state index is -4.27. The Morgan fingerprint density at radius 3 is 2.44 bits per heavy atom. The van der Waals surface area contributed by atoms with Gasteiger partial charge in [-0.15, -0.1) is 12.4 Å². The summed E-state index contributed by atoms with van der Waals surface area (Å²) in [5, 5.41) is 8.57. The van der Waals surface area contributed by atoms with Gasteiger partial charge in [0.1, 0.15) is 11.9 Å². The number of benzene rings is 1. The second-order valence-electron chi connectivity index (χ2n) is 3.61. The molecule has 1 atom stereocenters. The average Bonchev–Trinajstić information content (AvgIpc) is 2.25. The normalized spacial score (nSPS) is 12.4. The van der Waals surface area contributed by atoms with Gasteiger partial charge in [-0.2, -0.15) is 18.4 Å². The van der Waals surface area contributed by atoms with Crippen LogP contribution < -0.4 is 5.73 Å². The summed E-state index contributed by atoms with van der Waals surface area (Å²) in [7, 11) is 0. The Kier molecular flexibility index (Phi) is 6.09. The molecule has 2 N–H and O–H groups in total. The molecule has 0 saturated carbocycles. The molecule has 1 aromatic carbocycles. The first-order valence-corrected chi connectivity index (χ1v) is 4.85. The summed E-state index contributed by atoms with van der Waals surface area (Å²) < 4.78 is 48.9. The van der Waals surface area contributed by atoms with E-state index in [-0.39, 0.29) is 24.4 Å². The fourth-order valence-electron chi connectivity index (χ4n) is 1.35. The smallest absolute Gasteiger partial charge is 0.324 e. The molecule has 0 aliphatic rings. The fourth-order valence-corrected chi connectivity index (χ4v) is 1.35. The molecular formula is C11H11ClF4N2. The van der Waals surface area contributed by atoms with Crippen molar-refractivity contribution in [3.63, 3.8) is 0 Å². The van der Waals surface area contributed by atoms with Gasteiger partial charge in [0.05, 0.1) is 5.56 Å². The van der Waals surface area contributed by atoms with Crippen LogP contribution in [0.15, 0.2) is 18.2 Å². The molecule has 2 nitrogen and oxygen atoms in total. The van der Waals surface area contributed by atoms with Crippen LogP contribution >= 0.6 is 12.4 Å². The first-order chi connectivity index (χ1) is 7.83. The number of alkyl halides is 3. The Bertz CT molecular complexity index is 440. The molecular weight excluding hydrogens is 272 g/mol. The highest BCUT2D eigenvalue weighted by molar-refractivity contribution is 5.85. The van der Waals surface area contributed by atoms with Gasteiger partial charge in [0.25, 0.3) is 0 Å². The molecule has 1 aromatic rings. The quantitative estimate of drug-likeness (QED) is 0.863. The van der Waals surface area contributed by atoms with E-state index in [0.717, 1.165) is 6.07 Å². The zero-order valence-electron chi connectivity index (χ0n) is 9.17. The third-order valence-electron chi connectivity index (χ3n) is 2.28. The topological polar surface area (TPSA) is 49.8 Å². The minimum absolute atomic E-state index is 0. The molecule has 0 aromatic heterocycles. The van der Waals surface area contributed by atoms with E-state index in [4.69, 9.17) is 11.0 Å². The lowest BCUT2D eigenvalue weighted by atomic mass is 10.0. The molecule has 0 bridgehead atoms. The molecule has 0 spiro atoms. The van der Waals surface area contributed by atoms with E-state index >= 15 is 0 Å². The monoisotopic (exact) mass is 282 g/mol. The Hall–Kier alpha value is -1.32. The predicted octanol–water partition coefficient (Wildman–Crippen LogP) is 3.46. The number of nitrogens with two attached hydrogens (primary N) is 1. The van der Waals surface area contributed by atoms with Crippen molar-refractivity contribution in [1.82, 2.24) is 0 Å². The highest BCUT2D eigenvalue weighted by Gasteiger charge is 2.27. The van der Waals surface area contributed by atoms with Crippen LogP contribution in [0.2, 0.25) is 0 Å². The highest BCUT2D eigenvalue weighted by Crippen LogP contribution is 2.26. The van der Waals surface area contributed by atoms with E-state index < -0.39 is 24.5 Å². The van der Waals surface area contributed by atoms with Gasteiger partial charge < -0.3 is 5.73 Å². The summed E-state index contributed by atoms with van der Waals surface area (Å²) in [6.45, 7) is 0. The van der Waals surface area contributed by atoms with Gasteiger partial charge in [0, 0.05) is 12.5 Å². The van der Waals surface area contributed by atoms with Crippen LogP contribution in [-0.4, -0.2) is 6.18 Å². The van der Waals surface area contributed by atoms with Crippen molar-refractivity contribution in [2.24, 2.45) is 5.73 Å². The lowest BCUT2D eigenvalue weighted by molar-refractivity contribution is -0.136. The molecule has 0 amide bonds. The fraction of sp³-hybridized carbons (Fsp3) is 0.364. The van der Waals surface area contributed by atoms with Crippen LogP contribution in [0.25, 0.3) is 0 Å². The number of rotatable bonds is 3. The van der Waals surface area contributed by atoms with Crippen molar-refractivity contribution < 1.29 is 17.6 Å². The summed E-state index contributed by atoms with van der Waals surface area (Å²) in [6, 6.07) is 4.25. The molecule has 7 heteroatoms. The van der Waals surface area contributed by atoms with Crippen LogP contribution in [0.4, 0.5) is 17.6 Å². The largest absolute Gasteiger partial charge is 0.389 e. The third-order valence-corrected chi connectivity index (χ3v) is 2.28. The molecule has 1 rings (SSSR count). The third kappa shape index (κ3) is 4.90. The van der Waals surface area contributed by atoms with Gasteiger partial charge in [-0.3, -0.25) is 0 Å². The first kappa shape index (κ1) is 16.7. The summed E-state index contributed by atoms with van der Waals surface area (Å²) >= 11 is 0. The number of halogens is 5. The van der Waals surface area contributed by atoms with Gasteiger partial charge in [0.15, 0.2) is 0 Å². The lowest BCUT2D eigenvalue weighted by Crippen LogP contribution is -2.16. The highest BCUT2D eigenvalue weighted by atomic mass is 35.5. The van der Waals surface area contributed by atoms with E-state index in [1.54, 1.807) is 6.07 Å². The second kappa shape index (κ2) is 6.57. The molecule has 0 heterocycles.